The molecule has 3 aromatic carbocycles. The molecule has 4 heterocycles. The Morgan fingerprint density at radius 1 is 1.02 bits per heavy atom. The molecule has 4 aromatic rings. The van der Waals surface area contributed by atoms with Crippen molar-refractivity contribution >= 4 is 34.8 Å². The van der Waals surface area contributed by atoms with Crippen molar-refractivity contribution in [2.45, 2.75) is 25.8 Å². The molecule has 42 heavy (non-hydrogen) atoms. The largest absolute Gasteiger partial charge is 0.463 e. The second-order valence-electron chi connectivity index (χ2n) is 10.3. The number of fused-ring (bicyclic) bond motifs is 2. The highest BCUT2D eigenvalue weighted by molar-refractivity contribution is 7.07. The number of aromatic nitrogens is 1. The highest BCUT2D eigenvalue weighted by atomic mass is 32.1. The van der Waals surface area contributed by atoms with Crippen LogP contribution in [0.15, 0.2) is 88.2 Å². The predicted molar refractivity (Wildman–Crippen MR) is 162 cm³/mol. The molecule has 0 spiro atoms. The summed E-state index contributed by atoms with van der Waals surface area (Å²) in [6, 6.07) is 22.5. The minimum atomic E-state index is -0.773. The van der Waals surface area contributed by atoms with E-state index >= 15 is 0 Å². The molecule has 0 radical (unpaired) electrons. The van der Waals surface area contributed by atoms with E-state index in [4.69, 9.17) is 19.2 Å². The number of nitrogens with zero attached hydrogens (tertiary/aromatic N) is 3. The molecule has 8 nitrogen and oxygen atoms in total. The standard InChI is InChI=1S/C33H29N3O5S/c1-2-39-32(38)28-29(22-8-4-3-5-9-22)34-33-36(30(28)23-12-15-25-26(19-23)41-20-40-25)31(37)27(42-33)18-21-10-13-24(14-11-21)35-16-6-7-17-35/h3-5,8-15,18-19,30H,2,6-7,16-17,20H2,1H3/b27-18+/t30-/m1/s1. The van der Waals surface area contributed by atoms with E-state index in [-0.39, 0.29) is 19.0 Å². The Hall–Kier alpha value is -4.63. The minimum absolute atomic E-state index is 0.119. The zero-order chi connectivity index (χ0) is 28.6. The Bertz CT molecular complexity index is 1870. The van der Waals surface area contributed by atoms with Crippen LogP contribution in [0.3, 0.4) is 0 Å². The lowest BCUT2D eigenvalue weighted by Crippen LogP contribution is -2.40. The van der Waals surface area contributed by atoms with Gasteiger partial charge in [0.2, 0.25) is 6.79 Å². The third-order valence-corrected chi connectivity index (χ3v) is 8.73. The number of anilines is 1. The van der Waals surface area contributed by atoms with E-state index in [0.29, 0.717) is 37.7 Å². The fourth-order valence-electron chi connectivity index (χ4n) is 5.75. The lowest BCUT2D eigenvalue weighted by molar-refractivity contribution is -0.138. The van der Waals surface area contributed by atoms with Gasteiger partial charge in [-0.2, -0.15) is 0 Å². The highest BCUT2D eigenvalue weighted by Crippen LogP contribution is 2.40. The van der Waals surface area contributed by atoms with E-state index in [9.17, 15) is 9.59 Å². The minimum Gasteiger partial charge on any atom is -0.463 e. The summed E-state index contributed by atoms with van der Waals surface area (Å²) in [5, 5.41) is 0. The molecule has 0 bridgehead atoms. The molecule has 0 saturated carbocycles. The third kappa shape index (κ3) is 4.69. The summed E-state index contributed by atoms with van der Waals surface area (Å²) in [5.74, 6) is 0.664. The van der Waals surface area contributed by atoms with Crippen LogP contribution in [0.25, 0.3) is 11.8 Å². The fourth-order valence-corrected chi connectivity index (χ4v) is 6.75. The topological polar surface area (TPSA) is 82.4 Å². The van der Waals surface area contributed by atoms with Gasteiger partial charge in [-0.15, -0.1) is 0 Å². The maximum atomic E-state index is 14.1. The molecule has 0 aliphatic carbocycles. The molecule has 9 heteroatoms. The van der Waals surface area contributed by atoms with Crippen LogP contribution in [0.4, 0.5) is 5.69 Å². The molecule has 1 fully saturated rings. The van der Waals surface area contributed by atoms with Crippen LogP contribution in [-0.2, 0) is 9.53 Å². The summed E-state index contributed by atoms with van der Waals surface area (Å²) in [6.45, 7) is 4.22. The van der Waals surface area contributed by atoms with E-state index in [1.165, 1.54) is 29.9 Å². The van der Waals surface area contributed by atoms with Gasteiger partial charge in [0.05, 0.1) is 28.5 Å². The number of rotatable bonds is 6. The number of hydrogen-bond acceptors (Lipinski definition) is 8. The number of carbonyl (C=O) groups excluding carboxylic acids is 1. The van der Waals surface area contributed by atoms with Crippen molar-refractivity contribution in [2.75, 3.05) is 31.4 Å². The van der Waals surface area contributed by atoms with Gasteiger partial charge >= 0.3 is 5.97 Å². The van der Waals surface area contributed by atoms with E-state index in [2.05, 4.69) is 17.0 Å². The zero-order valence-electron chi connectivity index (χ0n) is 23.1. The quantitative estimate of drug-likeness (QED) is 0.318. The van der Waals surface area contributed by atoms with Crippen LogP contribution >= 0.6 is 11.3 Å². The smallest absolute Gasteiger partial charge is 0.338 e. The molecule has 3 aliphatic heterocycles. The number of thiazole rings is 1. The first-order valence-electron chi connectivity index (χ1n) is 14.1. The van der Waals surface area contributed by atoms with Crippen LogP contribution < -0.4 is 29.3 Å². The second-order valence-corrected chi connectivity index (χ2v) is 11.3. The first kappa shape index (κ1) is 26.3. The summed E-state index contributed by atoms with van der Waals surface area (Å²) >= 11 is 1.31. The highest BCUT2D eigenvalue weighted by Gasteiger charge is 2.36. The van der Waals surface area contributed by atoms with Gasteiger partial charge < -0.3 is 19.1 Å². The van der Waals surface area contributed by atoms with Crippen molar-refractivity contribution in [2.24, 2.45) is 4.99 Å². The van der Waals surface area contributed by atoms with Crippen LogP contribution in [-0.4, -0.2) is 37.0 Å². The average molecular weight is 580 g/mol. The maximum Gasteiger partial charge on any atom is 0.338 e. The molecule has 1 aromatic heterocycles. The Morgan fingerprint density at radius 2 is 1.79 bits per heavy atom. The van der Waals surface area contributed by atoms with Gasteiger partial charge in [0.1, 0.15) is 0 Å². The maximum absolute atomic E-state index is 14.1. The van der Waals surface area contributed by atoms with E-state index < -0.39 is 12.0 Å². The van der Waals surface area contributed by atoms with Crippen molar-refractivity contribution in [3.63, 3.8) is 0 Å². The lowest BCUT2D eigenvalue weighted by atomic mass is 9.93. The zero-order valence-corrected chi connectivity index (χ0v) is 23.9. The number of ether oxygens (including phenoxy) is 3. The van der Waals surface area contributed by atoms with Crippen molar-refractivity contribution in [1.82, 2.24) is 4.57 Å². The Kier molecular flexibility index (Phi) is 6.87. The Labute approximate surface area is 246 Å². The number of carbonyl (C=O) groups is 1. The molecule has 7 rings (SSSR count). The fraction of sp³-hybridized carbons (Fsp3) is 0.242. The summed E-state index contributed by atoms with van der Waals surface area (Å²) in [7, 11) is 0. The van der Waals surface area contributed by atoms with E-state index in [1.54, 1.807) is 17.6 Å². The molecule has 0 amide bonds. The summed E-state index contributed by atoms with van der Waals surface area (Å²) in [5.41, 5.74) is 4.15. The van der Waals surface area contributed by atoms with Crippen molar-refractivity contribution < 1.29 is 19.0 Å². The Morgan fingerprint density at radius 3 is 2.55 bits per heavy atom. The second kappa shape index (κ2) is 11.0. The molecule has 212 valence electrons. The van der Waals surface area contributed by atoms with Crippen molar-refractivity contribution in [3.8, 4) is 11.5 Å². The van der Waals surface area contributed by atoms with Gasteiger partial charge in [0.25, 0.3) is 5.56 Å². The first-order valence-corrected chi connectivity index (χ1v) is 15.0. The Balaban J connectivity index is 1.42. The summed E-state index contributed by atoms with van der Waals surface area (Å²) in [6.07, 6.45) is 4.32. The number of hydrogen-bond donors (Lipinski definition) is 0. The molecule has 1 atom stereocenters. The normalized spacial score (nSPS) is 17.8. The number of benzene rings is 3. The predicted octanol–water partition coefficient (Wildman–Crippen LogP) is 4.26. The van der Waals surface area contributed by atoms with Gasteiger partial charge in [0, 0.05) is 24.3 Å². The van der Waals surface area contributed by atoms with Gasteiger partial charge in [0.15, 0.2) is 16.3 Å². The third-order valence-electron chi connectivity index (χ3n) is 7.75. The lowest BCUT2D eigenvalue weighted by Gasteiger charge is -2.26. The van der Waals surface area contributed by atoms with Gasteiger partial charge in [-0.3, -0.25) is 9.36 Å². The van der Waals surface area contributed by atoms with Crippen LogP contribution in [0.2, 0.25) is 0 Å². The van der Waals surface area contributed by atoms with Gasteiger partial charge in [-0.05, 0) is 61.2 Å². The van der Waals surface area contributed by atoms with Crippen LogP contribution in [0, 0.1) is 0 Å². The van der Waals surface area contributed by atoms with Gasteiger partial charge in [-0.1, -0.05) is 59.9 Å². The van der Waals surface area contributed by atoms with E-state index in [0.717, 1.165) is 24.2 Å². The van der Waals surface area contributed by atoms with Crippen LogP contribution in [0.5, 0.6) is 11.5 Å². The SMILES string of the molecule is CCOC(=O)C1=C(c2ccccc2)N=c2s/c(=C/c3ccc(N4CCCC4)cc3)c(=O)n2[C@@H]1c1ccc2c(c1)OCO2. The van der Waals surface area contributed by atoms with Crippen LogP contribution in [0.1, 0.15) is 42.5 Å². The summed E-state index contributed by atoms with van der Waals surface area (Å²) < 4.78 is 18.9. The van der Waals surface area contributed by atoms with Crippen molar-refractivity contribution in [1.29, 1.82) is 0 Å². The van der Waals surface area contributed by atoms with Crippen molar-refractivity contribution in [3.05, 3.63) is 115 Å². The van der Waals surface area contributed by atoms with E-state index in [1.807, 2.05) is 60.7 Å². The molecule has 0 N–H and O–H groups in total. The first-order chi connectivity index (χ1) is 20.6. The average Bonchev–Trinajstić information content (AvgIpc) is 3.78. The number of esters is 1. The molecule has 3 aliphatic rings. The summed E-state index contributed by atoms with van der Waals surface area (Å²) in [4.78, 5) is 35.6. The molecular weight excluding hydrogens is 550 g/mol. The molecule has 1 saturated heterocycles. The molecular formula is C33H29N3O5S. The monoisotopic (exact) mass is 579 g/mol. The van der Waals surface area contributed by atoms with Gasteiger partial charge in [-0.25, -0.2) is 9.79 Å². The molecule has 0 unspecified atom stereocenters.